The summed E-state index contributed by atoms with van der Waals surface area (Å²) < 4.78 is 5.01. The lowest BCUT2D eigenvalue weighted by molar-refractivity contribution is -0.140. The molecule has 7 nitrogen and oxygen atoms in total. The van der Waals surface area contributed by atoms with Crippen molar-refractivity contribution >= 4 is 11.9 Å². The van der Waals surface area contributed by atoms with Gasteiger partial charge in [0.05, 0.1) is 11.8 Å². The summed E-state index contributed by atoms with van der Waals surface area (Å²) in [7, 11) is 0. The lowest BCUT2D eigenvalue weighted by atomic mass is 9.96. The van der Waals surface area contributed by atoms with Crippen molar-refractivity contribution in [1.82, 2.24) is 15.5 Å². The number of nitrogens with one attached hydrogen (secondary N) is 1. The summed E-state index contributed by atoms with van der Waals surface area (Å²) in [5, 5.41) is 15.8. The first-order chi connectivity index (χ1) is 9.52. The Balaban J connectivity index is 1.75. The van der Waals surface area contributed by atoms with Gasteiger partial charge in [-0.1, -0.05) is 18.0 Å². The Morgan fingerprint density at radius 3 is 2.55 bits per heavy atom. The van der Waals surface area contributed by atoms with Gasteiger partial charge in [-0.2, -0.15) is 4.98 Å². The van der Waals surface area contributed by atoms with E-state index in [9.17, 15) is 9.59 Å². The topological polar surface area (TPSA) is 105 Å². The number of carboxylic acids is 1. The van der Waals surface area contributed by atoms with Gasteiger partial charge in [0.1, 0.15) is 5.54 Å². The summed E-state index contributed by atoms with van der Waals surface area (Å²) in [6.07, 6.45) is 3.93. The zero-order chi connectivity index (χ0) is 14.3. The number of carboxylic acid groups (broad SMARTS) is 1. The number of carbonyl (C=O) groups excluding carboxylic acids is 1. The van der Waals surface area contributed by atoms with Crippen LogP contribution in [0.2, 0.25) is 0 Å². The van der Waals surface area contributed by atoms with Crippen molar-refractivity contribution in [2.45, 2.75) is 44.6 Å². The van der Waals surface area contributed by atoms with E-state index >= 15 is 0 Å². The van der Waals surface area contributed by atoms with Crippen LogP contribution in [0.15, 0.2) is 4.52 Å². The Hall–Kier alpha value is -1.92. The Kier molecular flexibility index (Phi) is 2.99. The van der Waals surface area contributed by atoms with E-state index in [0.717, 1.165) is 25.7 Å². The molecule has 7 heteroatoms. The molecule has 0 saturated heterocycles. The van der Waals surface area contributed by atoms with Gasteiger partial charge >= 0.3 is 5.97 Å². The molecule has 2 atom stereocenters. The molecule has 1 aromatic heterocycles. The Morgan fingerprint density at radius 1 is 1.35 bits per heavy atom. The fourth-order valence-electron chi connectivity index (χ4n) is 2.96. The lowest BCUT2D eigenvalue weighted by Gasteiger charge is -2.26. The smallest absolute Gasteiger partial charge is 0.307 e. The molecule has 2 saturated carbocycles. The number of hydrogen-bond acceptors (Lipinski definition) is 5. The Bertz CT molecular complexity index is 548. The first kappa shape index (κ1) is 13.1. The first-order valence-corrected chi connectivity index (χ1v) is 6.87. The van der Waals surface area contributed by atoms with Crippen LogP contribution in [0.25, 0.3) is 0 Å². The van der Waals surface area contributed by atoms with Crippen molar-refractivity contribution in [3.05, 3.63) is 11.7 Å². The van der Waals surface area contributed by atoms with Crippen LogP contribution >= 0.6 is 0 Å². The minimum absolute atomic E-state index is 0.207. The number of aryl methyl sites for hydroxylation is 1. The molecule has 2 N–H and O–H groups in total. The highest BCUT2D eigenvalue weighted by atomic mass is 16.5. The number of aromatic nitrogens is 2. The zero-order valence-electron chi connectivity index (χ0n) is 11.3. The molecule has 2 fully saturated rings. The molecule has 2 aliphatic rings. The van der Waals surface area contributed by atoms with Gasteiger partial charge in [0.25, 0.3) is 0 Å². The lowest BCUT2D eigenvalue weighted by Crippen LogP contribution is -2.45. The zero-order valence-corrected chi connectivity index (χ0v) is 11.3. The molecular formula is C13H17N3O4. The average molecular weight is 279 g/mol. The molecule has 0 aliphatic heterocycles. The Labute approximate surface area is 115 Å². The fourth-order valence-corrected chi connectivity index (χ4v) is 2.96. The Morgan fingerprint density at radius 2 is 2.05 bits per heavy atom. The summed E-state index contributed by atoms with van der Waals surface area (Å²) in [6.45, 7) is 1.71. The number of rotatable bonds is 4. The van der Waals surface area contributed by atoms with Gasteiger partial charge in [-0.15, -0.1) is 0 Å². The van der Waals surface area contributed by atoms with E-state index in [4.69, 9.17) is 9.63 Å². The second-order valence-corrected chi connectivity index (χ2v) is 5.70. The van der Waals surface area contributed by atoms with E-state index in [1.165, 1.54) is 0 Å². The van der Waals surface area contributed by atoms with Gasteiger partial charge in [0.2, 0.25) is 11.8 Å². The van der Waals surface area contributed by atoms with Gasteiger partial charge in [0.15, 0.2) is 5.82 Å². The molecule has 0 spiro atoms. The molecule has 20 heavy (non-hydrogen) atoms. The quantitative estimate of drug-likeness (QED) is 0.851. The molecule has 1 amide bonds. The molecule has 1 heterocycles. The minimum atomic E-state index is -0.902. The monoisotopic (exact) mass is 279 g/mol. The number of aliphatic carboxylic acids is 1. The third-order valence-corrected chi connectivity index (χ3v) is 4.22. The molecule has 2 aliphatic carbocycles. The van der Waals surface area contributed by atoms with Crippen molar-refractivity contribution in [3.8, 4) is 0 Å². The second-order valence-electron chi connectivity index (χ2n) is 5.70. The molecule has 1 aromatic rings. The van der Waals surface area contributed by atoms with Crippen molar-refractivity contribution < 1.29 is 19.2 Å². The van der Waals surface area contributed by atoms with E-state index in [0.29, 0.717) is 18.1 Å². The van der Waals surface area contributed by atoms with Gasteiger partial charge < -0.3 is 14.9 Å². The van der Waals surface area contributed by atoms with E-state index in [2.05, 4.69) is 15.5 Å². The SMILES string of the molecule is Cc1nc(C2(NC(=O)C3CC3C(=O)O)CCCC2)no1. The number of carbonyl (C=O) groups is 2. The summed E-state index contributed by atoms with van der Waals surface area (Å²) in [6, 6.07) is 0. The number of amides is 1. The summed E-state index contributed by atoms with van der Waals surface area (Å²) in [4.78, 5) is 27.3. The number of nitrogens with zero attached hydrogens (tertiary/aromatic N) is 2. The van der Waals surface area contributed by atoms with Crippen molar-refractivity contribution in [2.75, 3.05) is 0 Å². The highest BCUT2D eigenvalue weighted by molar-refractivity contribution is 5.89. The maximum absolute atomic E-state index is 12.2. The van der Waals surface area contributed by atoms with E-state index in [-0.39, 0.29) is 5.91 Å². The van der Waals surface area contributed by atoms with Gasteiger partial charge in [-0.25, -0.2) is 0 Å². The van der Waals surface area contributed by atoms with Crippen LogP contribution in [0.3, 0.4) is 0 Å². The minimum Gasteiger partial charge on any atom is -0.481 e. The molecule has 0 aromatic carbocycles. The summed E-state index contributed by atoms with van der Waals surface area (Å²) >= 11 is 0. The normalized spacial score (nSPS) is 27.2. The molecular weight excluding hydrogens is 262 g/mol. The average Bonchev–Trinajstić information content (AvgIpc) is 2.89. The van der Waals surface area contributed by atoms with Gasteiger partial charge in [-0.3, -0.25) is 9.59 Å². The third-order valence-electron chi connectivity index (χ3n) is 4.22. The van der Waals surface area contributed by atoms with Crippen LogP contribution in [0.4, 0.5) is 0 Å². The largest absolute Gasteiger partial charge is 0.481 e. The van der Waals surface area contributed by atoms with Crippen molar-refractivity contribution in [3.63, 3.8) is 0 Å². The van der Waals surface area contributed by atoms with Gasteiger partial charge in [0, 0.05) is 6.92 Å². The van der Waals surface area contributed by atoms with Crippen LogP contribution in [0, 0.1) is 18.8 Å². The standard InChI is InChI=1S/C13H17N3O4/c1-7-14-12(16-20-7)13(4-2-3-5-13)15-10(17)8-6-9(8)11(18)19/h8-9H,2-6H2,1H3,(H,15,17)(H,18,19). The van der Waals surface area contributed by atoms with Crippen LogP contribution in [0.5, 0.6) is 0 Å². The highest BCUT2D eigenvalue weighted by Gasteiger charge is 2.51. The van der Waals surface area contributed by atoms with E-state index in [1.807, 2.05) is 0 Å². The maximum atomic E-state index is 12.2. The maximum Gasteiger partial charge on any atom is 0.307 e. The fraction of sp³-hybridized carbons (Fsp3) is 0.692. The van der Waals surface area contributed by atoms with Crippen LogP contribution in [-0.4, -0.2) is 27.1 Å². The predicted octanol–water partition coefficient (Wildman–Crippen LogP) is 0.984. The van der Waals surface area contributed by atoms with Crippen LogP contribution in [-0.2, 0) is 15.1 Å². The summed E-state index contributed by atoms with van der Waals surface area (Å²) in [5.41, 5.74) is -0.583. The number of hydrogen-bond donors (Lipinski definition) is 2. The predicted molar refractivity (Wildman–Crippen MR) is 66.6 cm³/mol. The molecule has 108 valence electrons. The highest BCUT2D eigenvalue weighted by Crippen LogP contribution is 2.42. The molecule has 0 radical (unpaired) electrons. The van der Waals surface area contributed by atoms with E-state index in [1.54, 1.807) is 6.92 Å². The van der Waals surface area contributed by atoms with Crippen LogP contribution < -0.4 is 5.32 Å². The molecule has 2 unspecified atom stereocenters. The van der Waals surface area contributed by atoms with E-state index < -0.39 is 23.3 Å². The van der Waals surface area contributed by atoms with Crippen molar-refractivity contribution in [1.29, 1.82) is 0 Å². The molecule has 3 rings (SSSR count). The second kappa shape index (κ2) is 4.57. The first-order valence-electron chi connectivity index (χ1n) is 6.87. The third kappa shape index (κ3) is 2.17. The van der Waals surface area contributed by atoms with Crippen molar-refractivity contribution in [2.24, 2.45) is 11.8 Å². The van der Waals surface area contributed by atoms with Crippen LogP contribution in [0.1, 0.15) is 43.8 Å². The molecule has 0 bridgehead atoms. The van der Waals surface area contributed by atoms with Gasteiger partial charge in [-0.05, 0) is 19.3 Å². The summed E-state index contributed by atoms with van der Waals surface area (Å²) in [5.74, 6) is -1.09.